The molecule has 1 unspecified atom stereocenters. The molecule has 0 aliphatic carbocycles. The molecule has 0 bridgehead atoms. The maximum atomic E-state index is 13.3. The smallest absolute Gasteiger partial charge is 0.309 e. The summed E-state index contributed by atoms with van der Waals surface area (Å²) in [4.78, 5) is 24.6. The fourth-order valence-electron chi connectivity index (χ4n) is 4.09. The van der Waals surface area contributed by atoms with E-state index >= 15 is 0 Å². The second kappa shape index (κ2) is 11.0. The normalized spacial score (nSPS) is 16.3. The van der Waals surface area contributed by atoms with E-state index in [2.05, 4.69) is 10.6 Å². The van der Waals surface area contributed by atoms with Crippen LogP contribution in [-0.4, -0.2) is 64.1 Å². The lowest BCUT2D eigenvalue weighted by atomic mass is 10.1. The molecule has 1 fully saturated rings. The molecule has 34 heavy (non-hydrogen) atoms. The molecule has 0 saturated carbocycles. The molecule has 0 spiro atoms. The van der Waals surface area contributed by atoms with Crippen LogP contribution in [0.5, 0.6) is 5.75 Å². The van der Waals surface area contributed by atoms with Crippen molar-refractivity contribution < 1.29 is 27.5 Å². The number of rotatable bonds is 8. The monoisotopic (exact) mass is 489 g/mol. The molecule has 2 aromatic rings. The molecule has 0 aromatic heterocycles. The average Bonchev–Trinajstić information content (AvgIpc) is 3.26. The summed E-state index contributed by atoms with van der Waals surface area (Å²) in [5, 5.41) is 5.05. The minimum atomic E-state index is -3.84. The molecule has 3 rings (SSSR count). The van der Waals surface area contributed by atoms with E-state index < -0.39 is 28.1 Å². The van der Waals surface area contributed by atoms with Crippen molar-refractivity contribution >= 4 is 21.8 Å². The van der Waals surface area contributed by atoms with Crippen molar-refractivity contribution in [3.05, 3.63) is 58.7 Å². The van der Waals surface area contributed by atoms with Crippen LogP contribution in [-0.2, 0) is 30.8 Å². The number of carbonyl (C=O) groups excluding carboxylic acids is 2. The summed E-state index contributed by atoms with van der Waals surface area (Å²) >= 11 is 0. The number of sulfonamides is 1. The van der Waals surface area contributed by atoms with Gasteiger partial charge in [-0.2, -0.15) is 4.31 Å². The molecule has 9 nitrogen and oxygen atoms in total. The highest BCUT2D eigenvalue weighted by Gasteiger charge is 2.38. The Morgan fingerprint density at radius 2 is 1.68 bits per heavy atom. The summed E-state index contributed by atoms with van der Waals surface area (Å²) in [7, 11) is -2.25. The van der Waals surface area contributed by atoms with E-state index in [4.69, 9.17) is 9.47 Å². The minimum absolute atomic E-state index is 0.131. The van der Waals surface area contributed by atoms with Gasteiger partial charge in [0.1, 0.15) is 12.0 Å². The number of nitrogens with one attached hydrogen (secondary N) is 2. The van der Waals surface area contributed by atoms with E-state index in [-0.39, 0.29) is 31.1 Å². The number of methoxy groups -OCH3 is 1. The predicted molar refractivity (Wildman–Crippen MR) is 127 cm³/mol. The Hall–Kier alpha value is -2.95. The Bertz CT molecular complexity index is 1120. The Balaban J connectivity index is 1.54. The van der Waals surface area contributed by atoms with Crippen molar-refractivity contribution in [3.8, 4) is 5.75 Å². The topological polar surface area (TPSA) is 114 Å². The first-order valence-corrected chi connectivity index (χ1v) is 12.5. The molecule has 1 saturated heterocycles. The van der Waals surface area contributed by atoms with E-state index in [0.717, 1.165) is 16.9 Å². The summed E-state index contributed by atoms with van der Waals surface area (Å²) in [6, 6.07) is 11.1. The molecule has 1 aliphatic rings. The Morgan fingerprint density at radius 3 is 2.29 bits per heavy atom. The van der Waals surface area contributed by atoms with Crippen LogP contribution in [0.1, 0.15) is 22.3 Å². The summed E-state index contributed by atoms with van der Waals surface area (Å²) in [5.74, 6) is -0.888. The lowest BCUT2D eigenvalue weighted by molar-refractivity contribution is -0.139. The first-order chi connectivity index (χ1) is 16.1. The first kappa shape index (κ1) is 25.7. The molecule has 2 N–H and O–H groups in total. The van der Waals surface area contributed by atoms with E-state index in [0.29, 0.717) is 17.5 Å². The van der Waals surface area contributed by atoms with Crippen molar-refractivity contribution in [2.75, 3.05) is 33.4 Å². The van der Waals surface area contributed by atoms with Gasteiger partial charge in [-0.1, -0.05) is 29.8 Å². The molecule has 10 heteroatoms. The van der Waals surface area contributed by atoms with Gasteiger partial charge in [0.25, 0.3) is 0 Å². The van der Waals surface area contributed by atoms with Gasteiger partial charge in [0.15, 0.2) is 0 Å². The van der Waals surface area contributed by atoms with Crippen LogP contribution in [0, 0.1) is 20.8 Å². The Kier molecular flexibility index (Phi) is 8.29. The maximum absolute atomic E-state index is 13.3. The van der Waals surface area contributed by atoms with Crippen molar-refractivity contribution in [2.45, 2.75) is 38.3 Å². The highest BCUT2D eigenvalue weighted by molar-refractivity contribution is 7.89. The number of hydrogen-bond donors (Lipinski definition) is 2. The zero-order valence-corrected chi connectivity index (χ0v) is 20.7. The second-order valence-electron chi connectivity index (χ2n) is 8.23. The van der Waals surface area contributed by atoms with E-state index in [1.54, 1.807) is 21.0 Å². The van der Waals surface area contributed by atoms with Gasteiger partial charge < -0.3 is 20.1 Å². The zero-order chi connectivity index (χ0) is 24.9. The summed E-state index contributed by atoms with van der Waals surface area (Å²) in [6.07, 6.45) is -0.336. The molecule has 184 valence electrons. The zero-order valence-electron chi connectivity index (χ0n) is 19.9. The van der Waals surface area contributed by atoms with Gasteiger partial charge in [-0.15, -0.1) is 0 Å². The van der Waals surface area contributed by atoms with Gasteiger partial charge in [-0.3, -0.25) is 9.59 Å². The lowest BCUT2D eigenvalue weighted by Crippen LogP contribution is -2.47. The van der Waals surface area contributed by atoms with Crippen LogP contribution in [0.3, 0.4) is 0 Å². The highest BCUT2D eigenvalue weighted by Crippen LogP contribution is 2.28. The first-order valence-electron chi connectivity index (χ1n) is 11.0. The molecular formula is C24H31N3O6S. The summed E-state index contributed by atoms with van der Waals surface area (Å²) in [5.41, 5.74) is 3.28. The van der Waals surface area contributed by atoms with Crippen LogP contribution in [0.4, 0.5) is 0 Å². The van der Waals surface area contributed by atoms with Gasteiger partial charge in [0.05, 0.1) is 25.2 Å². The predicted octanol–water partition coefficient (Wildman–Crippen LogP) is 1.44. The van der Waals surface area contributed by atoms with E-state index in [9.17, 15) is 18.0 Å². The van der Waals surface area contributed by atoms with Crippen molar-refractivity contribution in [3.63, 3.8) is 0 Å². The van der Waals surface area contributed by atoms with Crippen molar-refractivity contribution in [1.29, 1.82) is 0 Å². The standard InChI is InChI=1S/C24H31N3O6S/c1-16-13-17(2)22(18(3)14-16)34(30,31)27-11-12-33-21(27)15-26-24(29)23(28)25-10-9-19-5-7-20(32-4)8-6-19/h5-8,13-14,21H,9-12,15H2,1-4H3,(H,25,28)(H,26,29). The number of amides is 2. The quantitative estimate of drug-likeness (QED) is 0.543. The van der Waals surface area contributed by atoms with Crippen molar-refractivity contribution in [1.82, 2.24) is 14.9 Å². The average molecular weight is 490 g/mol. The summed E-state index contributed by atoms with van der Waals surface area (Å²) in [6.45, 7) is 5.96. The second-order valence-corrected chi connectivity index (χ2v) is 10.1. The number of hydrogen-bond acceptors (Lipinski definition) is 6. The molecule has 2 amide bonds. The fourth-order valence-corrected chi connectivity index (χ4v) is 6.01. The third-order valence-corrected chi connectivity index (χ3v) is 7.81. The van der Waals surface area contributed by atoms with Gasteiger partial charge in [-0.05, 0) is 56.0 Å². The molecule has 1 aliphatic heterocycles. The Labute approximate surface area is 200 Å². The SMILES string of the molecule is COc1ccc(CCNC(=O)C(=O)NCC2OCCN2S(=O)(=O)c2c(C)cc(C)cc2C)cc1. The number of benzene rings is 2. The molecular weight excluding hydrogens is 458 g/mol. The van der Waals surface area contributed by atoms with Crippen LogP contribution < -0.4 is 15.4 Å². The van der Waals surface area contributed by atoms with Gasteiger partial charge in [0, 0.05) is 13.1 Å². The van der Waals surface area contributed by atoms with Crippen LogP contribution in [0.2, 0.25) is 0 Å². The number of nitrogens with zero attached hydrogens (tertiary/aromatic N) is 1. The number of carbonyl (C=O) groups is 2. The van der Waals surface area contributed by atoms with Gasteiger partial charge >= 0.3 is 11.8 Å². The third-order valence-electron chi connectivity index (χ3n) is 5.62. The highest BCUT2D eigenvalue weighted by atomic mass is 32.2. The van der Waals surface area contributed by atoms with Gasteiger partial charge in [-0.25, -0.2) is 8.42 Å². The molecule has 0 radical (unpaired) electrons. The fraction of sp³-hybridized carbons (Fsp3) is 0.417. The molecule has 2 aromatic carbocycles. The van der Waals surface area contributed by atoms with Gasteiger partial charge in [0.2, 0.25) is 10.0 Å². The Morgan fingerprint density at radius 1 is 1.06 bits per heavy atom. The third kappa shape index (κ3) is 5.94. The largest absolute Gasteiger partial charge is 0.497 e. The van der Waals surface area contributed by atoms with Crippen molar-refractivity contribution in [2.24, 2.45) is 0 Å². The molecule has 1 heterocycles. The minimum Gasteiger partial charge on any atom is -0.497 e. The van der Waals surface area contributed by atoms with Crippen LogP contribution in [0.15, 0.2) is 41.3 Å². The maximum Gasteiger partial charge on any atom is 0.309 e. The van der Waals surface area contributed by atoms with Crippen LogP contribution >= 0.6 is 0 Å². The molecule has 1 atom stereocenters. The van der Waals surface area contributed by atoms with E-state index in [1.807, 2.05) is 43.3 Å². The van der Waals surface area contributed by atoms with E-state index in [1.165, 1.54) is 4.31 Å². The lowest BCUT2D eigenvalue weighted by Gasteiger charge is -2.24. The number of aryl methyl sites for hydroxylation is 3. The number of ether oxygens (including phenoxy) is 2. The summed E-state index contributed by atoms with van der Waals surface area (Å²) < 4.78 is 38.6. The van der Waals surface area contributed by atoms with Crippen LogP contribution in [0.25, 0.3) is 0 Å².